The highest BCUT2D eigenvalue weighted by atomic mass is 28.3. The summed E-state index contributed by atoms with van der Waals surface area (Å²) in [5, 5.41) is 0. The lowest BCUT2D eigenvalue weighted by atomic mass is 10.4. The van der Waals surface area contributed by atoms with Gasteiger partial charge in [0.05, 0.1) is 0 Å². The molecule has 0 spiro atoms. The van der Waals surface area contributed by atoms with Crippen LogP contribution in [0.5, 0.6) is 0 Å². The fraction of sp³-hybridized carbons (Fsp3) is 0.875. The lowest BCUT2D eigenvalue weighted by molar-refractivity contribution is 0.247. The van der Waals surface area contributed by atoms with E-state index < -0.39 is 8.24 Å². The second-order valence-electron chi connectivity index (χ2n) is 4.18. The molecule has 2 aliphatic heterocycles. The second kappa shape index (κ2) is 2.85. The van der Waals surface area contributed by atoms with Crippen LogP contribution < -0.4 is 0 Å². The molecule has 2 rings (SSSR count). The minimum Gasteiger partial charge on any atom is -0.480 e. The third kappa shape index (κ3) is 1.29. The SMILES string of the molecule is C[Si]1(C)CCCN1C1COC=N1. The summed E-state index contributed by atoms with van der Waals surface area (Å²) >= 11 is 0. The summed E-state index contributed by atoms with van der Waals surface area (Å²) in [6, 6.07) is 1.42. The Labute approximate surface area is 74.5 Å². The van der Waals surface area contributed by atoms with Crippen LogP contribution in [0.4, 0.5) is 0 Å². The fourth-order valence-electron chi connectivity index (χ4n) is 2.14. The first-order valence-electron chi connectivity index (χ1n) is 4.60. The van der Waals surface area contributed by atoms with Crippen molar-refractivity contribution in [1.82, 2.24) is 4.57 Å². The van der Waals surface area contributed by atoms with E-state index in [0.717, 1.165) is 6.61 Å². The number of ether oxygens (including phenoxy) is 1. The zero-order valence-electron chi connectivity index (χ0n) is 7.79. The van der Waals surface area contributed by atoms with Gasteiger partial charge in [-0.1, -0.05) is 13.1 Å². The first kappa shape index (κ1) is 8.25. The Morgan fingerprint density at radius 3 is 2.92 bits per heavy atom. The van der Waals surface area contributed by atoms with Gasteiger partial charge in [-0.2, -0.15) is 0 Å². The van der Waals surface area contributed by atoms with E-state index >= 15 is 0 Å². The molecule has 0 radical (unpaired) electrons. The van der Waals surface area contributed by atoms with Gasteiger partial charge in [0, 0.05) is 0 Å². The molecule has 0 aliphatic carbocycles. The quantitative estimate of drug-likeness (QED) is 0.574. The molecule has 2 aliphatic rings. The van der Waals surface area contributed by atoms with Crippen molar-refractivity contribution < 1.29 is 4.74 Å². The molecule has 0 N–H and O–H groups in total. The number of aliphatic imine (C=N–C) groups is 1. The molecule has 3 nitrogen and oxygen atoms in total. The van der Waals surface area contributed by atoms with E-state index in [0.29, 0.717) is 6.17 Å². The predicted octanol–water partition coefficient (Wildman–Crippen LogP) is 1.28. The molecule has 0 bridgehead atoms. The van der Waals surface area contributed by atoms with E-state index in [1.54, 1.807) is 6.40 Å². The predicted molar refractivity (Wildman–Crippen MR) is 51.8 cm³/mol. The summed E-state index contributed by atoms with van der Waals surface area (Å²) in [7, 11) is -1.10. The van der Waals surface area contributed by atoms with Crippen LogP contribution in [0.1, 0.15) is 6.42 Å². The first-order chi connectivity index (χ1) is 5.70. The van der Waals surface area contributed by atoms with Crippen molar-refractivity contribution in [2.45, 2.75) is 31.7 Å². The lowest BCUT2D eigenvalue weighted by Crippen LogP contribution is -2.49. The number of rotatable bonds is 1. The molecule has 1 atom stereocenters. The van der Waals surface area contributed by atoms with Crippen LogP contribution in [0.2, 0.25) is 19.1 Å². The van der Waals surface area contributed by atoms with Gasteiger partial charge in [-0.3, -0.25) is 0 Å². The Kier molecular flexibility index (Phi) is 1.96. The van der Waals surface area contributed by atoms with Gasteiger partial charge in [0.15, 0.2) is 6.40 Å². The van der Waals surface area contributed by atoms with Gasteiger partial charge in [0.2, 0.25) is 0 Å². The average Bonchev–Trinajstić information content (AvgIpc) is 2.55. The maximum atomic E-state index is 5.15. The Balaban J connectivity index is 2.07. The van der Waals surface area contributed by atoms with E-state index in [-0.39, 0.29) is 0 Å². The summed E-state index contributed by atoms with van der Waals surface area (Å²) in [5.41, 5.74) is 0. The van der Waals surface area contributed by atoms with Crippen LogP contribution in [0.25, 0.3) is 0 Å². The zero-order valence-corrected chi connectivity index (χ0v) is 8.79. The van der Waals surface area contributed by atoms with E-state index in [1.807, 2.05) is 0 Å². The first-order valence-corrected chi connectivity index (χ1v) is 7.75. The number of nitrogens with zero attached hydrogens (tertiary/aromatic N) is 2. The third-order valence-electron chi connectivity index (χ3n) is 2.88. The van der Waals surface area contributed by atoms with E-state index in [1.165, 1.54) is 19.0 Å². The van der Waals surface area contributed by atoms with Gasteiger partial charge >= 0.3 is 0 Å². The zero-order chi connectivity index (χ0) is 8.60. The van der Waals surface area contributed by atoms with Gasteiger partial charge in [0.1, 0.15) is 21.0 Å². The van der Waals surface area contributed by atoms with Gasteiger partial charge in [-0.15, -0.1) is 0 Å². The van der Waals surface area contributed by atoms with Crippen molar-refractivity contribution in [3.05, 3.63) is 0 Å². The molecule has 0 saturated carbocycles. The molecule has 0 aromatic carbocycles. The molecule has 4 heteroatoms. The van der Waals surface area contributed by atoms with Crippen molar-refractivity contribution >= 4 is 14.6 Å². The largest absolute Gasteiger partial charge is 0.480 e. The number of hydrogen-bond acceptors (Lipinski definition) is 3. The van der Waals surface area contributed by atoms with E-state index in [9.17, 15) is 0 Å². The molecule has 12 heavy (non-hydrogen) atoms. The molecule has 0 aromatic heterocycles. The smallest absolute Gasteiger partial charge is 0.171 e. The van der Waals surface area contributed by atoms with Gasteiger partial charge in [-0.25, -0.2) is 4.99 Å². The Morgan fingerprint density at radius 2 is 2.42 bits per heavy atom. The maximum Gasteiger partial charge on any atom is 0.171 e. The summed E-state index contributed by atoms with van der Waals surface area (Å²) in [4.78, 5) is 4.33. The van der Waals surface area contributed by atoms with Crippen molar-refractivity contribution in [2.75, 3.05) is 13.2 Å². The normalized spacial score (nSPS) is 34.0. The fourth-order valence-corrected chi connectivity index (χ4v) is 5.16. The van der Waals surface area contributed by atoms with Crippen LogP contribution >= 0.6 is 0 Å². The molecule has 1 fully saturated rings. The van der Waals surface area contributed by atoms with Crippen LogP contribution in [0.15, 0.2) is 4.99 Å². The van der Waals surface area contributed by atoms with E-state index in [4.69, 9.17) is 4.74 Å². The molecule has 1 unspecified atom stereocenters. The van der Waals surface area contributed by atoms with Gasteiger partial charge in [-0.05, 0) is 19.0 Å². The summed E-state index contributed by atoms with van der Waals surface area (Å²) in [5.74, 6) is 0. The van der Waals surface area contributed by atoms with Gasteiger partial charge in [0.25, 0.3) is 0 Å². The standard InChI is InChI=1S/C8H16N2OSi/c1-12(2)5-3-4-10(12)8-6-11-7-9-8/h7-8H,3-6H2,1-2H3. The molecular weight excluding hydrogens is 168 g/mol. The maximum absolute atomic E-state index is 5.15. The highest BCUT2D eigenvalue weighted by Gasteiger charge is 2.39. The molecule has 1 saturated heterocycles. The Hall–Kier alpha value is -0.353. The summed E-state index contributed by atoms with van der Waals surface area (Å²) < 4.78 is 7.73. The van der Waals surface area contributed by atoms with Crippen molar-refractivity contribution in [3.8, 4) is 0 Å². The molecule has 68 valence electrons. The lowest BCUT2D eigenvalue weighted by Gasteiger charge is -2.32. The average molecular weight is 184 g/mol. The van der Waals surface area contributed by atoms with E-state index in [2.05, 4.69) is 22.7 Å². The molecule has 0 aromatic rings. The molecular formula is C8H16N2OSi. The second-order valence-corrected chi connectivity index (χ2v) is 8.88. The highest BCUT2D eigenvalue weighted by Crippen LogP contribution is 2.28. The van der Waals surface area contributed by atoms with Crippen molar-refractivity contribution in [3.63, 3.8) is 0 Å². The minimum absolute atomic E-state index is 0.342. The minimum atomic E-state index is -1.10. The summed E-state index contributed by atoms with van der Waals surface area (Å²) in [6.45, 7) is 6.85. The Bertz CT molecular complexity index is 205. The van der Waals surface area contributed by atoms with Crippen LogP contribution in [0.3, 0.4) is 0 Å². The third-order valence-corrected chi connectivity index (χ3v) is 6.53. The van der Waals surface area contributed by atoms with Crippen molar-refractivity contribution in [1.29, 1.82) is 0 Å². The monoisotopic (exact) mass is 184 g/mol. The van der Waals surface area contributed by atoms with Gasteiger partial charge < -0.3 is 9.30 Å². The van der Waals surface area contributed by atoms with Crippen LogP contribution in [0, 0.1) is 0 Å². The molecule has 0 amide bonds. The van der Waals surface area contributed by atoms with Crippen LogP contribution in [-0.2, 0) is 4.74 Å². The van der Waals surface area contributed by atoms with Crippen molar-refractivity contribution in [2.24, 2.45) is 4.99 Å². The Morgan fingerprint density at radius 1 is 1.58 bits per heavy atom. The topological polar surface area (TPSA) is 24.8 Å². The molecule has 2 heterocycles. The van der Waals surface area contributed by atoms with Crippen LogP contribution in [-0.4, -0.2) is 38.5 Å². The summed E-state index contributed by atoms with van der Waals surface area (Å²) in [6.07, 6.45) is 3.30. The highest BCUT2D eigenvalue weighted by molar-refractivity contribution is 6.75. The number of hydrogen-bond donors (Lipinski definition) is 0.